The van der Waals surface area contributed by atoms with Crippen LogP contribution in [0.3, 0.4) is 0 Å². The van der Waals surface area contributed by atoms with E-state index in [2.05, 4.69) is 20.0 Å². The minimum absolute atomic E-state index is 0.111. The number of hydrogen-bond donors (Lipinski definition) is 3. The molecule has 1 saturated carbocycles. The molecule has 1 saturated heterocycles. The second kappa shape index (κ2) is 3.03. The summed E-state index contributed by atoms with van der Waals surface area (Å²) in [6, 6.07) is 0.111. The molecule has 0 aromatic carbocycles. The van der Waals surface area contributed by atoms with Gasteiger partial charge in [-0.1, -0.05) is 0 Å². The maximum absolute atomic E-state index is 11.8. The number of nitrogens with one attached hydrogen (secondary N) is 3. The Morgan fingerprint density at radius 1 is 1.40 bits per heavy atom. The number of aromatic nitrogens is 2. The van der Waals surface area contributed by atoms with Crippen molar-refractivity contribution < 1.29 is 8.42 Å². The molecule has 1 aromatic rings. The maximum Gasteiger partial charge on any atom is 0.257 e. The first-order valence-corrected chi connectivity index (χ1v) is 6.38. The number of hydrogen-bond acceptors (Lipinski definition) is 4. The van der Waals surface area contributed by atoms with Gasteiger partial charge in [-0.05, 0) is 24.9 Å². The third kappa shape index (κ3) is 1.47. The van der Waals surface area contributed by atoms with Crippen molar-refractivity contribution in [2.75, 3.05) is 13.1 Å². The van der Waals surface area contributed by atoms with Crippen LogP contribution in [0.15, 0.2) is 17.6 Å². The van der Waals surface area contributed by atoms with Crippen molar-refractivity contribution in [1.29, 1.82) is 0 Å². The van der Waals surface area contributed by atoms with Crippen LogP contribution in [0.1, 0.15) is 0 Å². The third-order valence-corrected chi connectivity index (χ3v) is 4.53. The lowest BCUT2D eigenvalue weighted by molar-refractivity contribution is 0.562. The van der Waals surface area contributed by atoms with Crippen LogP contribution in [0.2, 0.25) is 0 Å². The van der Waals surface area contributed by atoms with E-state index in [1.807, 2.05) is 0 Å². The maximum atomic E-state index is 11.8. The van der Waals surface area contributed by atoms with E-state index in [0.29, 0.717) is 11.8 Å². The normalized spacial score (nSPS) is 34.0. The zero-order chi connectivity index (χ0) is 10.5. The van der Waals surface area contributed by atoms with Crippen molar-refractivity contribution in [3.8, 4) is 0 Å². The van der Waals surface area contributed by atoms with Crippen molar-refractivity contribution in [2.45, 2.75) is 11.1 Å². The first-order chi connectivity index (χ1) is 7.18. The molecule has 0 amide bonds. The van der Waals surface area contributed by atoms with Gasteiger partial charge in [-0.25, -0.2) is 18.1 Å². The number of rotatable bonds is 3. The van der Waals surface area contributed by atoms with Gasteiger partial charge in [-0.15, -0.1) is 0 Å². The lowest BCUT2D eigenvalue weighted by atomic mass is 10.4. The molecule has 2 heterocycles. The predicted octanol–water partition coefficient (Wildman–Crippen LogP) is -1.09. The largest absolute Gasteiger partial charge is 0.335 e. The van der Waals surface area contributed by atoms with Crippen molar-refractivity contribution in [2.24, 2.45) is 11.8 Å². The second-order valence-corrected chi connectivity index (χ2v) is 5.73. The Bertz CT molecular complexity index is 445. The molecule has 15 heavy (non-hydrogen) atoms. The number of fused-ring (bicyclic) bond motifs is 1. The summed E-state index contributed by atoms with van der Waals surface area (Å²) in [5, 5.41) is 3.36. The average molecular weight is 228 g/mol. The fraction of sp³-hybridized carbons (Fsp3) is 0.625. The summed E-state index contributed by atoms with van der Waals surface area (Å²) in [7, 11) is -3.39. The number of aromatic amines is 1. The predicted molar refractivity (Wildman–Crippen MR) is 52.5 cm³/mol. The highest BCUT2D eigenvalue weighted by molar-refractivity contribution is 7.89. The van der Waals surface area contributed by atoms with Gasteiger partial charge < -0.3 is 10.3 Å². The van der Waals surface area contributed by atoms with Crippen molar-refractivity contribution in [3.05, 3.63) is 12.5 Å². The number of nitrogens with zero attached hydrogens (tertiary/aromatic N) is 1. The molecule has 0 radical (unpaired) electrons. The van der Waals surface area contributed by atoms with Gasteiger partial charge in [0.05, 0.1) is 12.5 Å². The molecule has 2 fully saturated rings. The molecule has 82 valence electrons. The van der Waals surface area contributed by atoms with Gasteiger partial charge in [0.2, 0.25) is 0 Å². The molecule has 1 aliphatic carbocycles. The molecular weight excluding hydrogens is 216 g/mol. The molecule has 6 nitrogen and oxygen atoms in total. The zero-order valence-electron chi connectivity index (χ0n) is 7.97. The van der Waals surface area contributed by atoms with E-state index in [4.69, 9.17) is 0 Å². The van der Waals surface area contributed by atoms with E-state index in [1.165, 1.54) is 12.5 Å². The molecule has 0 bridgehead atoms. The minimum atomic E-state index is -3.39. The summed E-state index contributed by atoms with van der Waals surface area (Å²) in [4.78, 5) is 6.30. The first kappa shape index (κ1) is 9.32. The van der Waals surface area contributed by atoms with E-state index >= 15 is 0 Å². The minimum Gasteiger partial charge on any atom is -0.335 e. The van der Waals surface area contributed by atoms with Crippen molar-refractivity contribution in [3.63, 3.8) is 0 Å². The highest BCUT2D eigenvalue weighted by Crippen LogP contribution is 2.42. The molecule has 7 heteroatoms. The standard InChI is InChI=1S/C8H12N4O2S/c13-15(14,7-3-10-4-11-7)12-8-5-1-9-2-6(5)8/h3-6,8-9,12H,1-2H2,(H,10,11). The zero-order valence-corrected chi connectivity index (χ0v) is 8.79. The van der Waals surface area contributed by atoms with E-state index in [-0.39, 0.29) is 11.1 Å². The number of sulfonamides is 1. The van der Waals surface area contributed by atoms with Gasteiger partial charge in [-0.3, -0.25) is 0 Å². The summed E-state index contributed by atoms with van der Waals surface area (Å²) in [6.07, 6.45) is 2.68. The van der Waals surface area contributed by atoms with Crippen LogP contribution in [-0.4, -0.2) is 37.5 Å². The highest BCUT2D eigenvalue weighted by Gasteiger charge is 2.54. The fourth-order valence-corrected chi connectivity index (χ4v) is 3.47. The Labute approximate surface area is 87.5 Å². The van der Waals surface area contributed by atoms with Gasteiger partial charge in [0.25, 0.3) is 10.0 Å². The van der Waals surface area contributed by atoms with E-state index in [1.54, 1.807) is 0 Å². The van der Waals surface area contributed by atoms with Gasteiger partial charge in [0.15, 0.2) is 5.03 Å². The monoisotopic (exact) mass is 228 g/mol. The number of imidazole rings is 1. The van der Waals surface area contributed by atoms with E-state index in [9.17, 15) is 8.42 Å². The molecular formula is C8H12N4O2S. The van der Waals surface area contributed by atoms with Gasteiger partial charge in [0.1, 0.15) is 0 Å². The smallest absolute Gasteiger partial charge is 0.257 e. The molecule has 2 unspecified atom stereocenters. The molecule has 2 aliphatic rings. The molecule has 2 atom stereocenters. The van der Waals surface area contributed by atoms with Crippen LogP contribution in [0.25, 0.3) is 0 Å². The van der Waals surface area contributed by atoms with Crippen LogP contribution in [-0.2, 0) is 10.0 Å². The molecule has 1 aliphatic heterocycles. The van der Waals surface area contributed by atoms with Crippen molar-refractivity contribution in [1.82, 2.24) is 20.0 Å². The van der Waals surface area contributed by atoms with Crippen LogP contribution in [0.5, 0.6) is 0 Å². The Hall–Kier alpha value is -0.920. The van der Waals surface area contributed by atoms with E-state index in [0.717, 1.165) is 13.1 Å². The van der Waals surface area contributed by atoms with Gasteiger partial charge in [-0.2, -0.15) is 0 Å². The summed E-state index contributed by atoms with van der Waals surface area (Å²) >= 11 is 0. The Morgan fingerprint density at radius 3 is 2.73 bits per heavy atom. The van der Waals surface area contributed by atoms with Crippen LogP contribution >= 0.6 is 0 Å². The molecule has 3 N–H and O–H groups in total. The summed E-state index contributed by atoms with van der Waals surface area (Å²) < 4.78 is 26.2. The van der Waals surface area contributed by atoms with Gasteiger partial charge >= 0.3 is 0 Å². The number of piperidine rings is 1. The lowest BCUT2D eigenvalue weighted by Crippen LogP contribution is -2.32. The topological polar surface area (TPSA) is 86.9 Å². The van der Waals surface area contributed by atoms with Crippen molar-refractivity contribution >= 4 is 10.0 Å². The Balaban J connectivity index is 1.74. The van der Waals surface area contributed by atoms with Crippen LogP contribution in [0, 0.1) is 11.8 Å². The summed E-state index contributed by atoms with van der Waals surface area (Å²) in [5.41, 5.74) is 0. The fourth-order valence-electron chi connectivity index (χ4n) is 2.23. The van der Waals surface area contributed by atoms with Crippen LogP contribution in [0.4, 0.5) is 0 Å². The Morgan fingerprint density at radius 2 is 2.13 bits per heavy atom. The SMILES string of the molecule is O=S(=O)(NC1C2CNCC21)c1cnc[nH]1. The third-order valence-electron chi connectivity index (χ3n) is 3.15. The van der Waals surface area contributed by atoms with E-state index < -0.39 is 10.0 Å². The lowest BCUT2D eigenvalue weighted by Gasteiger charge is -2.06. The first-order valence-electron chi connectivity index (χ1n) is 4.90. The Kier molecular flexibility index (Phi) is 1.88. The molecule has 0 spiro atoms. The second-order valence-electron chi connectivity index (χ2n) is 4.05. The summed E-state index contributed by atoms with van der Waals surface area (Å²) in [6.45, 7) is 1.83. The van der Waals surface area contributed by atoms with Gasteiger partial charge in [0, 0.05) is 6.04 Å². The average Bonchev–Trinajstić information content (AvgIpc) is 2.75. The highest BCUT2D eigenvalue weighted by atomic mass is 32.2. The van der Waals surface area contributed by atoms with Crippen LogP contribution < -0.4 is 10.0 Å². The quantitative estimate of drug-likeness (QED) is 0.613. The molecule has 3 rings (SSSR count). The molecule has 1 aromatic heterocycles. The summed E-state index contributed by atoms with van der Waals surface area (Å²) in [5.74, 6) is 0.949. The number of H-pyrrole nitrogens is 1.